The molecule has 7 nitrogen and oxygen atoms in total. The fourth-order valence-electron chi connectivity index (χ4n) is 4.99. The first-order chi connectivity index (χ1) is 19.9. The second kappa shape index (κ2) is 10.8. The number of pyridine rings is 1. The summed E-state index contributed by atoms with van der Waals surface area (Å²) in [7, 11) is 0. The summed E-state index contributed by atoms with van der Waals surface area (Å²) >= 11 is 0. The molecule has 5 aromatic rings. The lowest BCUT2D eigenvalue weighted by Gasteiger charge is -2.17. The molecule has 0 radical (unpaired) electrons. The summed E-state index contributed by atoms with van der Waals surface area (Å²) in [6.07, 6.45) is 3.97. The second-order valence-electron chi connectivity index (χ2n) is 9.70. The molecule has 2 aromatic heterocycles. The number of hydrogen-bond donors (Lipinski definition) is 2. The lowest BCUT2D eigenvalue weighted by atomic mass is 10.0. The van der Waals surface area contributed by atoms with Gasteiger partial charge in [-0.15, -0.1) is 0 Å². The van der Waals surface area contributed by atoms with Crippen molar-refractivity contribution in [2.75, 3.05) is 16.8 Å². The number of halogens is 3. The molecule has 2 amide bonds. The van der Waals surface area contributed by atoms with Crippen LogP contribution in [0.25, 0.3) is 11.0 Å². The van der Waals surface area contributed by atoms with Gasteiger partial charge in [0.15, 0.2) is 11.6 Å². The molecule has 6 rings (SSSR count). The number of hydrogen-bond acceptors (Lipinski definition) is 4. The molecule has 1 aliphatic rings. The Balaban J connectivity index is 1.17. The van der Waals surface area contributed by atoms with Gasteiger partial charge in [-0.05, 0) is 78.6 Å². The average Bonchev–Trinajstić information content (AvgIpc) is 3.54. The summed E-state index contributed by atoms with van der Waals surface area (Å²) in [4.78, 5) is 34.5. The summed E-state index contributed by atoms with van der Waals surface area (Å²) < 4.78 is 48.0. The Labute approximate surface area is 232 Å². The predicted molar refractivity (Wildman–Crippen MR) is 147 cm³/mol. The van der Waals surface area contributed by atoms with Crippen LogP contribution in [-0.4, -0.2) is 28.3 Å². The van der Waals surface area contributed by atoms with Gasteiger partial charge in [-0.25, -0.2) is 18.2 Å². The maximum atomic E-state index is 15.1. The summed E-state index contributed by atoms with van der Waals surface area (Å²) in [5.41, 5.74) is 2.77. The molecule has 0 saturated carbocycles. The predicted octanol–water partition coefficient (Wildman–Crippen LogP) is 6.35. The van der Waals surface area contributed by atoms with E-state index in [4.69, 9.17) is 4.74 Å². The van der Waals surface area contributed by atoms with Crippen LogP contribution in [0.5, 0.6) is 11.5 Å². The number of anilines is 2. The van der Waals surface area contributed by atoms with Gasteiger partial charge in [0.2, 0.25) is 11.8 Å². The third-order valence-electron chi connectivity index (χ3n) is 6.98. The fourth-order valence-corrected chi connectivity index (χ4v) is 4.99. The molecule has 2 N–H and O–H groups in total. The van der Waals surface area contributed by atoms with Gasteiger partial charge in [0.25, 0.3) is 0 Å². The molecule has 1 aliphatic heterocycles. The number of benzene rings is 3. The van der Waals surface area contributed by atoms with Crippen LogP contribution in [0.4, 0.5) is 24.5 Å². The summed E-state index contributed by atoms with van der Waals surface area (Å²) in [6, 6.07) is 17.3. The summed E-state index contributed by atoms with van der Waals surface area (Å²) in [5.74, 6) is -3.11. The van der Waals surface area contributed by atoms with Crippen molar-refractivity contribution in [3.8, 4) is 11.5 Å². The van der Waals surface area contributed by atoms with E-state index in [1.165, 1.54) is 59.6 Å². The number of rotatable bonds is 7. The number of nitrogens with zero attached hydrogens (tertiary/aromatic N) is 2. The standard InChI is InChI=1S/C31H23F3N4O3/c32-20-4-7-23(8-5-20)38-13-11-24(31(38)40)30(39)37-22-6-9-26(25(34)16-22)41-27-10-12-35-29-28(27)19(17-36-29)14-18-2-1-3-21(33)15-18/h1-10,12,15-17,24H,11,13-14H2,(H,35,36)(H,37,39). The molecule has 0 bridgehead atoms. The van der Waals surface area contributed by atoms with Gasteiger partial charge in [0, 0.05) is 36.4 Å². The third-order valence-corrected chi connectivity index (χ3v) is 6.98. The van der Waals surface area contributed by atoms with Crippen molar-refractivity contribution >= 4 is 34.2 Å². The molecule has 206 valence electrons. The number of fused-ring (bicyclic) bond motifs is 1. The van der Waals surface area contributed by atoms with Crippen LogP contribution < -0.4 is 15.0 Å². The van der Waals surface area contributed by atoms with Crippen molar-refractivity contribution in [1.82, 2.24) is 9.97 Å². The van der Waals surface area contributed by atoms with Crippen LogP contribution in [0.3, 0.4) is 0 Å². The first kappa shape index (κ1) is 26.1. The van der Waals surface area contributed by atoms with Crippen molar-refractivity contribution in [3.63, 3.8) is 0 Å². The molecular formula is C31H23F3N4O3. The SMILES string of the molecule is O=C(Nc1ccc(Oc2ccnc3[nH]cc(Cc4cccc(F)c4)c23)c(F)c1)C1CCN(c2ccc(F)cc2)C1=O. The maximum Gasteiger partial charge on any atom is 0.239 e. The number of aromatic amines is 1. The van der Waals surface area contributed by atoms with Crippen molar-refractivity contribution in [1.29, 1.82) is 0 Å². The number of amides is 2. The highest BCUT2D eigenvalue weighted by atomic mass is 19.1. The summed E-state index contributed by atoms with van der Waals surface area (Å²) in [5, 5.41) is 3.24. The monoisotopic (exact) mass is 556 g/mol. The molecule has 0 aliphatic carbocycles. The highest BCUT2D eigenvalue weighted by Gasteiger charge is 2.37. The van der Waals surface area contributed by atoms with Crippen LogP contribution in [-0.2, 0) is 16.0 Å². The Bertz CT molecular complexity index is 1770. The molecule has 1 unspecified atom stereocenters. The fraction of sp³-hybridized carbons (Fsp3) is 0.129. The lowest BCUT2D eigenvalue weighted by molar-refractivity contribution is -0.129. The van der Waals surface area contributed by atoms with E-state index in [2.05, 4.69) is 15.3 Å². The smallest absolute Gasteiger partial charge is 0.239 e. The minimum atomic E-state index is -0.950. The highest BCUT2D eigenvalue weighted by Crippen LogP contribution is 2.34. The van der Waals surface area contributed by atoms with E-state index in [0.717, 1.165) is 17.2 Å². The highest BCUT2D eigenvalue weighted by molar-refractivity contribution is 6.13. The molecule has 1 atom stereocenters. The Morgan fingerprint density at radius 1 is 1.00 bits per heavy atom. The average molecular weight is 557 g/mol. The zero-order valence-electron chi connectivity index (χ0n) is 21.5. The van der Waals surface area contributed by atoms with E-state index in [-0.39, 0.29) is 23.7 Å². The number of nitrogens with one attached hydrogen (secondary N) is 2. The quantitative estimate of drug-likeness (QED) is 0.229. The molecule has 0 spiro atoms. The second-order valence-corrected chi connectivity index (χ2v) is 9.70. The summed E-state index contributed by atoms with van der Waals surface area (Å²) in [6.45, 7) is 0.310. The van der Waals surface area contributed by atoms with Gasteiger partial charge in [-0.1, -0.05) is 12.1 Å². The maximum absolute atomic E-state index is 15.1. The van der Waals surface area contributed by atoms with Crippen LogP contribution in [0.15, 0.2) is 85.2 Å². The van der Waals surface area contributed by atoms with Crippen molar-refractivity contribution < 1.29 is 27.5 Å². The molecule has 41 heavy (non-hydrogen) atoms. The number of ether oxygens (including phenoxy) is 1. The van der Waals surface area contributed by atoms with Crippen LogP contribution >= 0.6 is 0 Å². The third kappa shape index (κ3) is 5.36. The zero-order valence-corrected chi connectivity index (χ0v) is 21.5. The van der Waals surface area contributed by atoms with E-state index in [1.54, 1.807) is 18.3 Å². The number of carbonyl (C=O) groups is 2. The van der Waals surface area contributed by atoms with E-state index >= 15 is 4.39 Å². The Hall–Kier alpha value is -5.12. The number of carbonyl (C=O) groups excluding carboxylic acids is 2. The topological polar surface area (TPSA) is 87.3 Å². The molecule has 3 heterocycles. The molecule has 1 fully saturated rings. The van der Waals surface area contributed by atoms with Gasteiger partial charge in [0.1, 0.15) is 28.9 Å². The molecule has 1 saturated heterocycles. The van der Waals surface area contributed by atoms with Crippen molar-refractivity contribution in [2.24, 2.45) is 5.92 Å². The van der Waals surface area contributed by atoms with Gasteiger partial charge in [-0.3, -0.25) is 9.59 Å². The van der Waals surface area contributed by atoms with Crippen molar-refractivity contribution in [3.05, 3.63) is 114 Å². The van der Waals surface area contributed by atoms with E-state index in [0.29, 0.717) is 35.4 Å². The Morgan fingerprint density at radius 3 is 2.61 bits per heavy atom. The molecule has 3 aromatic carbocycles. The van der Waals surface area contributed by atoms with Gasteiger partial charge >= 0.3 is 0 Å². The van der Waals surface area contributed by atoms with Crippen LogP contribution in [0.2, 0.25) is 0 Å². The Kier molecular flexibility index (Phi) is 6.88. The van der Waals surface area contributed by atoms with E-state index in [1.807, 2.05) is 6.07 Å². The van der Waals surface area contributed by atoms with Crippen LogP contribution in [0, 0.1) is 23.4 Å². The first-order valence-electron chi connectivity index (χ1n) is 12.9. The molecule has 10 heteroatoms. The zero-order chi connectivity index (χ0) is 28.5. The first-order valence-corrected chi connectivity index (χ1v) is 12.9. The Morgan fingerprint density at radius 2 is 1.83 bits per heavy atom. The lowest BCUT2D eigenvalue weighted by Crippen LogP contribution is -2.33. The number of aromatic nitrogens is 2. The normalized spacial score (nSPS) is 15.0. The van der Waals surface area contributed by atoms with E-state index < -0.39 is 29.4 Å². The largest absolute Gasteiger partial charge is 0.453 e. The van der Waals surface area contributed by atoms with Crippen LogP contribution in [0.1, 0.15) is 17.5 Å². The van der Waals surface area contributed by atoms with Crippen molar-refractivity contribution in [2.45, 2.75) is 12.8 Å². The minimum Gasteiger partial charge on any atom is -0.453 e. The van der Waals surface area contributed by atoms with Gasteiger partial charge < -0.3 is 19.9 Å². The van der Waals surface area contributed by atoms with E-state index in [9.17, 15) is 18.4 Å². The number of H-pyrrole nitrogens is 1. The van der Waals surface area contributed by atoms with Gasteiger partial charge in [-0.2, -0.15) is 0 Å². The molecular weight excluding hydrogens is 533 g/mol. The van der Waals surface area contributed by atoms with Gasteiger partial charge in [0.05, 0.1) is 5.39 Å². The minimum absolute atomic E-state index is 0.0761.